The Morgan fingerprint density at radius 1 is 0.585 bits per heavy atom. The van der Waals surface area contributed by atoms with Crippen molar-refractivity contribution < 1.29 is 46.7 Å². The van der Waals surface area contributed by atoms with Crippen molar-refractivity contribution in [2.24, 2.45) is 20.4 Å². The van der Waals surface area contributed by atoms with E-state index in [1.165, 1.54) is 36.7 Å². The van der Waals surface area contributed by atoms with E-state index in [9.17, 15) is 20.4 Å². The summed E-state index contributed by atoms with van der Waals surface area (Å²) in [5.74, 6) is 0.0799. The van der Waals surface area contributed by atoms with Crippen molar-refractivity contribution in [2.75, 3.05) is 14.2 Å². The molecule has 0 bridgehead atoms. The predicted molar refractivity (Wildman–Crippen MR) is 150 cm³/mol. The Bertz CT molecular complexity index is 1390. The topological polar surface area (TPSA) is 154 Å². The van der Waals surface area contributed by atoms with E-state index in [0.717, 1.165) is 22.6 Å². The molecule has 0 saturated carbocycles. The molecule has 0 aliphatic heterocycles. The number of benzene rings is 4. The van der Waals surface area contributed by atoms with Gasteiger partial charge in [-0.2, -0.15) is 20.4 Å². The fourth-order valence-corrected chi connectivity index (χ4v) is 3.09. The van der Waals surface area contributed by atoms with Gasteiger partial charge in [0.25, 0.3) is 0 Å². The van der Waals surface area contributed by atoms with Crippen molar-refractivity contribution >= 4 is 24.2 Å². The summed E-state index contributed by atoms with van der Waals surface area (Å²) in [7, 11) is 3.17. The first-order valence-corrected chi connectivity index (χ1v) is 11.8. The van der Waals surface area contributed by atoms with Gasteiger partial charge in [0.05, 0.1) is 26.6 Å². The van der Waals surface area contributed by atoms with Crippen molar-refractivity contribution in [2.45, 2.75) is 0 Å². The Labute approximate surface area is 247 Å². The van der Waals surface area contributed by atoms with E-state index in [-0.39, 0.29) is 39.4 Å². The number of ether oxygens (including phenoxy) is 2. The SMILES string of the molecule is COc1ccc(/C=N\N=C(/[O-])c2ccccc2O)cc1.COc1ccc(/C=N\N=C(/[O-])c2ccccc2O)cc1.[Co+2]. The third-order valence-corrected chi connectivity index (χ3v) is 5.21. The average molecular weight is 597 g/mol. The third-order valence-electron chi connectivity index (χ3n) is 5.21. The van der Waals surface area contributed by atoms with Gasteiger partial charge >= 0.3 is 16.8 Å². The average Bonchev–Trinajstić information content (AvgIpc) is 2.98. The van der Waals surface area contributed by atoms with Crippen LogP contribution in [-0.2, 0) is 16.8 Å². The van der Waals surface area contributed by atoms with E-state index in [4.69, 9.17) is 9.47 Å². The van der Waals surface area contributed by atoms with Gasteiger partial charge in [-0.25, -0.2) is 0 Å². The predicted octanol–water partition coefficient (Wildman–Crippen LogP) is 3.08. The molecule has 0 aromatic heterocycles. The van der Waals surface area contributed by atoms with Crippen LogP contribution < -0.4 is 19.7 Å². The molecule has 0 unspecified atom stereocenters. The zero-order valence-corrected chi connectivity index (χ0v) is 23.1. The van der Waals surface area contributed by atoms with Crippen molar-refractivity contribution in [1.82, 2.24) is 0 Å². The number of hydrogen-bond donors (Lipinski definition) is 2. The molecule has 41 heavy (non-hydrogen) atoms. The zero-order chi connectivity index (χ0) is 28.7. The molecule has 0 aliphatic carbocycles. The van der Waals surface area contributed by atoms with E-state index < -0.39 is 11.8 Å². The summed E-state index contributed by atoms with van der Waals surface area (Å²) in [4.78, 5) is 0. The number of phenols is 2. The van der Waals surface area contributed by atoms with E-state index in [1.807, 2.05) is 0 Å². The number of hydrogen-bond acceptors (Lipinski definition) is 10. The molecular formula is C30H26CoN4O6. The molecule has 0 fully saturated rings. The molecule has 10 nitrogen and oxygen atoms in total. The summed E-state index contributed by atoms with van der Waals surface area (Å²) in [6.45, 7) is 0. The number of nitrogens with zero attached hydrogens (tertiary/aromatic N) is 4. The van der Waals surface area contributed by atoms with Crippen molar-refractivity contribution in [3.8, 4) is 23.0 Å². The Kier molecular flexibility index (Phi) is 13.1. The van der Waals surface area contributed by atoms with Crippen LogP contribution in [-0.4, -0.2) is 48.7 Å². The summed E-state index contributed by atoms with van der Waals surface area (Å²) >= 11 is 0. The summed E-state index contributed by atoms with van der Waals surface area (Å²) in [6.07, 6.45) is 2.91. The van der Waals surface area contributed by atoms with E-state index in [2.05, 4.69) is 20.4 Å². The molecule has 1 radical (unpaired) electrons. The zero-order valence-electron chi connectivity index (χ0n) is 22.0. The standard InChI is InChI=1S/2C15H14N2O3.Co/c2*1-20-12-8-6-11(7-9-12)10-16-17-15(19)13-4-2-3-5-14(13)18;/h2*2-10,18H,1H3,(H,17,19);/q;;+2/p-2/b2*16-10-;. The second-order valence-electron chi connectivity index (χ2n) is 7.88. The number of aromatic hydroxyl groups is 2. The minimum Gasteiger partial charge on any atom is -0.857 e. The number of methoxy groups -OCH3 is 2. The Morgan fingerprint density at radius 2 is 0.927 bits per heavy atom. The molecule has 11 heteroatoms. The van der Waals surface area contributed by atoms with Gasteiger partial charge in [-0.3, -0.25) is 0 Å². The molecule has 2 N–H and O–H groups in total. The van der Waals surface area contributed by atoms with Gasteiger partial charge in [0.2, 0.25) is 0 Å². The summed E-state index contributed by atoms with van der Waals surface area (Å²) in [5.41, 5.74) is 1.83. The molecule has 4 aromatic rings. The van der Waals surface area contributed by atoms with E-state index in [1.54, 1.807) is 87.0 Å². The third kappa shape index (κ3) is 10.2. The number of para-hydroxylation sites is 2. The minimum absolute atomic E-state index is 0. The summed E-state index contributed by atoms with van der Waals surface area (Å²) in [6, 6.07) is 26.7. The Balaban J connectivity index is 0.000000280. The van der Waals surface area contributed by atoms with Crippen molar-refractivity contribution in [3.05, 3.63) is 119 Å². The molecule has 0 aliphatic rings. The normalized spacial score (nSPS) is 11.5. The van der Waals surface area contributed by atoms with Gasteiger partial charge in [-0.05, 0) is 71.8 Å². The van der Waals surface area contributed by atoms with Crippen LogP contribution in [0.25, 0.3) is 0 Å². The van der Waals surface area contributed by atoms with Gasteiger partial charge in [0.1, 0.15) is 23.0 Å². The number of phenolic OH excluding ortho intramolecular Hbond substituents is 2. The molecule has 0 amide bonds. The summed E-state index contributed by atoms with van der Waals surface area (Å²) < 4.78 is 10.1. The largest absolute Gasteiger partial charge is 2.00 e. The van der Waals surface area contributed by atoms with Crippen molar-refractivity contribution in [1.29, 1.82) is 0 Å². The molecule has 0 atom stereocenters. The maximum Gasteiger partial charge on any atom is 2.00 e. The fourth-order valence-electron chi connectivity index (χ4n) is 3.09. The molecule has 0 spiro atoms. The Hall–Kier alpha value is -5.13. The molecule has 4 rings (SSSR count). The Morgan fingerprint density at radius 3 is 1.24 bits per heavy atom. The first-order chi connectivity index (χ1) is 19.4. The maximum absolute atomic E-state index is 11.7. The minimum atomic E-state index is -0.590. The van der Waals surface area contributed by atoms with Crippen LogP contribution in [0.4, 0.5) is 0 Å². The quantitative estimate of drug-likeness (QED) is 0.181. The van der Waals surface area contributed by atoms with Gasteiger partial charge in [-0.1, -0.05) is 36.4 Å². The molecule has 4 aromatic carbocycles. The van der Waals surface area contributed by atoms with Gasteiger partial charge in [-0.15, -0.1) is 0 Å². The second-order valence-corrected chi connectivity index (χ2v) is 7.88. The van der Waals surface area contributed by atoms with Gasteiger partial charge in [0.15, 0.2) is 0 Å². The second kappa shape index (κ2) is 16.7. The molecular weight excluding hydrogens is 571 g/mol. The van der Waals surface area contributed by atoms with Crippen molar-refractivity contribution in [3.63, 3.8) is 0 Å². The first-order valence-electron chi connectivity index (χ1n) is 11.8. The van der Waals surface area contributed by atoms with Crippen LogP contribution in [0.1, 0.15) is 22.3 Å². The van der Waals surface area contributed by atoms with Crippen LogP contribution in [0, 0.1) is 0 Å². The van der Waals surface area contributed by atoms with Crippen LogP contribution in [0.2, 0.25) is 0 Å². The van der Waals surface area contributed by atoms with Crippen LogP contribution in [0.15, 0.2) is 117 Å². The van der Waals surface area contributed by atoms with Crippen LogP contribution in [0.5, 0.6) is 23.0 Å². The van der Waals surface area contributed by atoms with Gasteiger partial charge < -0.3 is 29.9 Å². The van der Waals surface area contributed by atoms with Gasteiger partial charge in [0, 0.05) is 22.9 Å². The van der Waals surface area contributed by atoms with Crippen LogP contribution >= 0.6 is 0 Å². The fraction of sp³-hybridized carbons (Fsp3) is 0.0667. The monoisotopic (exact) mass is 597 g/mol. The molecule has 0 saturated heterocycles. The molecule has 0 heterocycles. The first kappa shape index (κ1) is 32.1. The number of rotatable bonds is 8. The maximum atomic E-state index is 11.7. The smallest absolute Gasteiger partial charge is 0.857 e. The van der Waals surface area contributed by atoms with Crippen LogP contribution in [0.3, 0.4) is 0 Å². The van der Waals surface area contributed by atoms with E-state index in [0.29, 0.717) is 0 Å². The van der Waals surface area contributed by atoms with E-state index >= 15 is 0 Å². The summed E-state index contributed by atoms with van der Waals surface area (Å²) in [5, 5.41) is 56.9. The molecule has 211 valence electrons.